The van der Waals surface area contributed by atoms with Crippen molar-refractivity contribution in [2.24, 2.45) is 5.10 Å². The number of nitrogens with zero attached hydrogens (tertiary/aromatic N) is 2. The molecule has 1 unspecified atom stereocenters. The quantitative estimate of drug-likeness (QED) is 0.720. The summed E-state index contributed by atoms with van der Waals surface area (Å²) in [6.45, 7) is 0. The van der Waals surface area contributed by atoms with Crippen LogP contribution in [0.5, 0.6) is 5.75 Å². The summed E-state index contributed by atoms with van der Waals surface area (Å²) in [5.74, 6) is 1.80. The fourth-order valence-corrected chi connectivity index (χ4v) is 4.46. The molecule has 1 aliphatic carbocycles. The second kappa shape index (κ2) is 5.28. The van der Waals surface area contributed by atoms with Crippen LogP contribution in [-0.4, -0.2) is 16.4 Å². The zero-order valence-electron chi connectivity index (χ0n) is 13.4. The lowest BCUT2D eigenvalue weighted by atomic mass is 9.87. The van der Waals surface area contributed by atoms with Crippen molar-refractivity contribution in [3.05, 3.63) is 52.9 Å². The number of rotatable bonds is 1. The summed E-state index contributed by atoms with van der Waals surface area (Å²) in [5.41, 5.74) is 1.80. The number of hydrogen-bond donors (Lipinski definition) is 0. The van der Waals surface area contributed by atoms with Gasteiger partial charge in [-0.05, 0) is 43.2 Å². The molecule has 1 fully saturated rings. The Hall–Kier alpha value is -1.94. The van der Waals surface area contributed by atoms with Crippen LogP contribution in [0.15, 0.2) is 46.1 Å². The Morgan fingerprint density at radius 3 is 2.83 bits per heavy atom. The van der Waals surface area contributed by atoms with Crippen LogP contribution in [0.4, 0.5) is 0 Å². The molecule has 2 aliphatic heterocycles. The maximum atomic E-state index is 6.52. The number of ether oxygens (including phenoxy) is 1. The zero-order valence-corrected chi connectivity index (χ0v) is 14.1. The first-order chi connectivity index (χ1) is 11.8. The summed E-state index contributed by atoms with van der Waals surface area (Å²) in [6.07, 6.45) is 8.18. The monoisotopic (exact) mass is 342 g/mol. The summed E-state index contributed by atoms with van der Waals surface area (Å²) in [5, 5.41) is 7.88. The van der Waals surface area contributed by atoms with Gasteiger partial charge in [-0.2, -0.15) is 5.10 Å². The smallest absolute Gasteiger partial charge is 0.198 e. The van der Waals surface area contributed by atoms with E-state index in [1.165, 1.54) is 19.3 Å². The Kier molecular flexibility index (Phi) is 3.17. The van der Waals surface area contributed by atoms with Crippen molar-refractivity contribution in [3.63, 3.8) is 0 Å². The summed E-state index contributed by atoms with van der Waals surface area (Å²) in [6, 6.07) is 10.00. The molecule has 2 aromatic rings. The van der Waals surface area contributed by atoms with Gasteiger partial charge in [0.25, 0.3) is 0 Å². The molecule has 1 spiro atoms. The first-order valence-corrected chi connectivity index (χ1v) is 9.02. The van der Waals surface area contributed by atoms with Crippen molar-refractivity contribution in [2.45, 2.75) is 50.3 Å². The Morgan fingerprint density at radius 1 is 1.17 bits per heavy atom. The molecule has 124 valence electrons. The van der Waals surface area contributed by atoms with Gasteiger partial charge in [-0.15, -0.1) is 0 Å². The predicted octanol–water partition coefficient (Wildman–Crippen LogP) is 5.14. The fourth-order valence-electron chi connectivity index (χ4n) is 4.28. The highest BCUT2D eigenvalue weighted by Crippen LogP contribution is 2.51. The van der Waals surface area contributed by atoms with Crippen molar-refractivity contribution in [2.75, 3.05) is 0 Å². The maximum Gasteiger partial charge on any atom is 0.198 e. The highest BCUT2D eigenvalue weighted by molar-refractivity contribution is 6.30. The van der Waals surface area contributed by atoms with Crippen LogP contribution >= 0.6 is 11.6 Å². The van der Waals surface area contributed by atoms with E-state index in [2.05, 4.69) is 5.01 Å². The maximum absolute atomic E-state index is 6.52. The lowest BCUT2D eigenvalue weighted by Gasteiger charge is -2.49. The molecule has 1 aromatic carbocycles. The summed E-state index contributed by atoms with van der Waals surface area (Å²) < 4.78 is 12.1. The Bertz CT molecular complexity index is 794. The van der Waals surface area contributed by atoms with E-state index in [1.807, 2.05) is 30.3 Å². The molecule has 1 saturated carbocycles. The van der Waals surface area contributed by atoms with E-state index in [0.29, 0.717) is 0 Å². The molecular formula is C19H19ClN2O2. The summed E-state index contributed by atoms with van der Waals surface area (Å²) in [7, 11) is 0. The van der Waals surface area contributed by atoms with Crippen molar-refractivity contribution < 1.29 is 9.15 Å². The SMILES string of the molecule is Clc1ccc2c(c1)C1CC(c3ccco3)=NN1C1(CCCCC1)O2. The van der Waals surface area contributed by atoms with Gasteiger partial charge in [-0.25, -0.2) is 5.01 Å². The van der Waals surface area contributed by atoms with E-state index in [4.69, 9.17) is 25.9 Å². The zero-order chi connectivity index (χ0) is 16.1. The van der Waals surface area contributed by atoms with Gasteiger partial charge in [-0.1, -0.05) is 18.0 Å². The van der Waals surface area contributed by atoms with Crippen LogP contribution in [0.3, 0.4) is 0 Å². The van der Waals surface area contributed by atoms with Gasteiger partial charge in [0.2, 0.25) is 0 Å². The van der Waals surface area contributed by atoms with E-state index < -0.39 is 0 Å². The van der Waals surface area contributed by atoms with E-state index in [-0.39, 0.29) is 11.8 Å². The molecule has 3 heterocycles. The van der Waals surface area contributed by atoms with Gasteiger partial charge in [-0.3, -0.25) is 0 Å². The van der Waals surface area contributed by atoms with E-state index in [1.54, 1.807) is 6.26 Å². The van der Waals surface area contributed by atoms with E-state index in [9.17, 15) is 0 Å². The summed E-state index contributed by atoms with van der Waals surface area (Å²) in [4.78, 5) is 0. The highest BCUT2D eigenvalue weighted by atomic mass is 35.5. The Labute approximate surface area is 146 Å². The van der Waals surface area contributed by atoms with Crippen LogP contribution in [0, 0.1) is 0 Å². The largest absolute Gasteiger partial charge is 0.466 e. The molecule has 4 nitrogen and oxygen atoms in total. The van der Waals surface area contributed by atoms with Crippen molar-refractivity contribution in [1.82, 2.24) is 5.01 Å². The second-order valence-corrected chi connectivity index (χ2v) is 7.32. The molecule has 5 heteroatoms. The first kappa shape index (κ1) is 14.4. The molecule has 0 amide bonds. The molecule has 0 radical (unpaired) electrons. The highest BCUT2D eigenvalue weighted by Gasteiger charge is 2.51. The van der Waals surface area contributed by atoms with Crippen LogP contribution < -0.4 is 4.74 Å². The van der Waals surface area contributed by atoms with Crippen molar-refractivity contribution in [1.29, 1.82) is 0 Å². The number of furan rings is 1. The number of hydrogen-bond acceptors (Lipinski definition) is 4. The molecular weight excluding hydrogens is 324 g/mol. The Balaban J connectivity index is 1.62. The third-order valence-corrected chi connectivity index (χ3v) is 5.63. The van der Waals surface area contributed by atoms with Crippen LogP contribution in [0.2, 0.25) is 5.02 Å². The van der Waals surface area contributed by atoms with Crippen LogP contribution in [0.1, 0.15) is 55.9 Å². The molecule has 3 aliphatic rings. The minimum atomic E-state index is -0.321. The van der Waals surface area contributed by atoms with Gasteiger partial charge in [0.05, 0.1) is 12.3 Å². The van der Waals surface area contributed by atoms with Crippen LogP contribution in [0.25, 0.3) is 0 Å². The third-order valence-electron chi connectivity index (χ3n) is 5.40. The molecule has 1 aromatic heterocycles. The second-order valence-electron chi connectivity index (χ2n) is 6.88. The lowest BCUT2D eigenvalue weighted by Crippen LogP contribution is -2.54. The minimum Gasteiger partial charge on any atom is -0.466 e. The molecule has 0 saturated heterocycles. The van der Waals surface area contributed by atoms with E-state index >= 15 is 0 Å². The van der Waals surface area contributed by atoms with Crippen molar-refractivity contribution >= 4 is 17.3 Å². The molecule has 0 bridgehead atoms. The van der Waals surface area contributed by atoms with E-state index in [0.717, 1.165) is 47.1 Å². The predicted molar refractivity (Wildman–Crippen MR) is 92.3 cm³/mol. The third kappa shape index (κ3) is 2.09. The molecule has 0 N–H and O–H groups in total. The molecule has 5 rings (SSSR count). The van der Waals surface area contributed by atoms with Gasteiger partial charge in [0.1, 0.15) is 17.2 Å². The molecule has 1 atom stereocenters. The number of hydrazone groups is 1. The Morgan fingerprint density at radius 2 is 2.04 bits per heavy atom. The van der Waals surface area contributed by atoms with Gasteiger partial charge in [0.15, 0.2) is 5.72 Å². The topological polar surface area (TPSA) is 38.0 Å². The van der Waals surface area contributed by atoms with Crippen molar-refractivity contribution in [3.8, 4) is 5.75 Å². The average molecular weight is 343 g/mol. The fraction of sp³-hybridized carbons (Fsp3) is 0.421. The minimum absolute atomic E-state index is 0.172. The van der Waals surface area contributed by atoms with Gasteiger partial charge >= 0.3 is 0 Å². The first-order valence-electron chi connectivity index (χ1n) is 8.64. The average Bonchev–Trinajstić information content (AvgIpc) is 3.26. The molecule has 24 heavy (non-hydrogen) atoms. The standard InChI is InChI=1S/C19H19ClN2O2/c20-13-6-7-17-14(11-13)16-12-15(18-5-4-10-23-18)21-22(16)19(24-17)8-2-1-3-9-19/h4-7,10-11,16H,1-3,8-9,12H2. The number of halogens is 1. The van der Waals surface area contributed by atoms with Gasteiger partial charge in [0, 0.05) is 29.8 Å². The summed E-state index contributed by atoms with van der Waals surface area (Å²) >= 11 is 6.25. The number of benzene rings is 1. The number of fused-ring (bicyclic) bond motifs is 4. The van der Waals surface area contributed by atoms with Gasteiger partial charge < -0.3 is 9.15 Å². The lowest BCUT2D eigenvalue weighted by molar-refractivity contribution is -0.140. The van der Waals surface area contributed by atoms with Crippen LogP contribution in [-0.2, 0) is 0 Å². The normalized spacial score (nSPS) is 24.3.